The van der Waals surface area contributed by atoms with Gasteiger partial charge in [-0.2, -0.15) is 0 Å². The van der Waals surface area contributed by atoms with Gasteiger partial charge in [-0.3, -0.25) is 4.79 Å². The second-order valence-electron chi connectivity index (χ2n) is 7.65. The summed E-state index contributed by atoms with van der Waals surface area (Å²) in [7, 11) is 0. The average Bonchev–Trinajstić information content (AvgIpc) is 3.44. The van der Waals surface area contributed by atoms with Gasteiger partial charge in [0.25, 0.3) is 5.91 Å². The molecule has 1 aliphatic heterocycles. The predicted octanol–water partition coefficient (Wildman–Crippen LogP) is 3.41. The molecule has 2 N–H and O–H groups in total. The van der Waals surface area contributed by atoms with Crippen LogP contribution in [0.25, 0.3) is 10.8 Å². The molecule has 4 rings (SSSR count). The second kappa shape index (κ2) is 9.84. The number of aliphatic hydroxyl groups excluding tert-OH is 1. The molecule has 0 radical (unpaired) electrons. The molecule has 1 saturated heterocycles. The van der Waals surface area contributed by atoms with E-state index >= 15 is 0 Å². The molecular weight excluding hydrogens is 384 g/mol. The molecule has 158 valence electrons. The van der Waals surface area contributed by atoms with Crippen molar-refractivity contribution < 1.29 is 23.9 Å². The SMILES string of the molecule is O=C(NC(O)CCC1CCOC1)c1cc(COCc2ccc3ccccc3c2)on1. The summed E-state index contributed by atoms with van der Waals surface area (Å²) >= 11 is 0. The van der Waals surface area contributed by atoms with Crippen LogP contribution >= 0.6 is 0 Å². The van der Waals surface area contributed by atoms with Gasteiger partial charge in [-0.05, 0) is 47.6 Å². The van der Waals surface area contributed by atoms with Crippen LogP contribution in [0, 0.1) is 5.92 Å². The summed E-state index contributed by atoms with van der Waals surface area (Å²) in [4.78, 5) is 12.2. The number of hydrogen-bond acceptors (Lipinski definition) is 6. The standard InChI is InChI=1S/C23H26N2O5/c26-22(8-6-16-9-10-28-13-16)24-23(27)21-12-20(30-25-21)15-29-14-17-5-7-18-3-1-2-4-19(18)11-17/h1-5,7,11-12,16,22,26H,6,8-10,13-15H2,(H,24,27). The predicted molar refractivity (Wildman–Crippen MR) is 111 cm³/mol. The Kier molecular flexibility index (Phi) is 6.74. The first-order valence-corrected chi connectivity index (χ1v) is 10.2. The van der Waals surface area contributed by atoms with Crippen molar-refractivity contribution in [2.45, 2.75) is 38.7 Å². The van der Waals surface area contributed by atoms with Gasteiger partial charge in [0.1, 0.15) is 12.8 Å². The second-order valence-corrected chi connectivity index (χ2v) is 7.65. The van der Waals surface area contributed by atoms with E-state index in [-0.39, 0.29) is 12.3 Å². The van der Waals surface area contributed by atoms with E-state index in [1.54, 1.807) is 0 Å². The first-order chi connectivity index (χ1) is 14.7. The lowest BCUT2D eigenvalue weighted by molar-refractivity contribution is 0.0733. The van der Waals surface area contributed by atoms with E-state index in [1.165, 1.54) is 11.5 Å². The maximum Gasteiger partial charge on any atom is 0.275 e. The van der Waals surface area contributed by atoms with Gasteiger partial charge < -0.3 is 24.4 Å². The van der Waals surface area contributed by atoms with Crippen molar-refractivity contribution in [1.29, 1.82) is 0 Å². The number of nitrogens with zero attached hydrogens (tertiary/aromatic N) is 1. The number of carbonyl (C=O) groups excluding carboxylic acids is 1. The Morgan fingerprint density at radius 3 is 2.90 bits per heavy atom. The lowest BCUT2D eigenvalue weighted by atomic mass is 10.0. The Balaban J connectivity index is 1.22. The van der Waals surface area contributed by atoms with E-state index in [9.17, 15) is 9.90 Å². The van der Waals surface area contributed by atoms with E-state index in [1.807, 2.05) is 18.2 Å². The number of aromatic nitrogens is 1. The van der Waals surface area contributed by atoms with Crippen molar-refractivity contribution in [3.05, 3.63) is 65.5 Å². The maximum atomic E-state index is 12.2. The van der Waals surface area contributed by atoms with Crippen LogP contribution in [0.5, 0.6) is 0 Å². The number of carbonyl (C=O) groups is 1. The average molecular weight is 410 g/mol. The minimum atomic E-state index is -0.914. The molecule has 7 nitrogen and oxygen atoms in total. The number of benzene rings is 2. The van der Waals surface area contributed by atoms with E-state index in [0.717, 1.165) is 37.0 Å². The number of nitrogens with one attached hydrogen (secondary N) is 1. The minimum absolute atomic E-state index is 0.127. The summed E-state index contributed by atoms with van der Waals surface area (Å²) < 4.78 is 16.2. The van der Waals surface area contributed by atoms with E-state index in [4.69, 9.17) is 14.0 Å². The van der Waals surface area contributed by atoms with Gasteiger partial charge in [0.15, 0.2) is 11.5 Å². The van der Waals surface area contributed by atoms with Crippen LogP contribution in [0.4, 0.5) is 0 Å². The quantitative estimate of drug-likeness (QED) is 0.525. The van der Waals surface area contributed by atoms with Crippen molar-refractivity contribution in [2.75, 3.05) is 13.2 Å². The first kappa shape index (κ1) is 20.5. The topological polar surface area (TPSA) is 93.8 Å². The molecule has 1 aromatic heterocycles. The lowest BCUT2D eigenvalue weighted by Crippen LogP contribution is -2.35. The molecule has 0 spiro atoms. The molecule has 1 amide bonds. The zero-order chi connectivity index (χ0) is 20.8. The number of rotatable bonds is 9. The number of hydrogen-bond donors (Lipinski definition) is 2. The molecule has 30 heavy (non-hydrogen) atoms. The smallest absolute Gasteiger partial charge is 0.275 e. The van der Waals surface area contributed by atoms with Crippen LogP contribution in [0.2, 0.25) is 0 Å². The summed E-state index contributed by atoms with van der Waals surface area (Å²) in [5.74, 6) is 0.447. The van der Waals surface area contributed by atoms with Crippen molar-refractivity contribution in [3.63, 3.8) is 0 Å². The van der Waals surface area contributed by atoms with E-state index in [0.29, 0.717) is 24.7 Å². The third-order valence-corrected chi connectivity index (χ3v) is 5.29. The number of fused-ring (bicyclic) bond motifs is 1. The zero-order valence-electron chi connectivity index (χ0n) is 16.8. The van der Waals surface area contributed by atoms with Crippen LogP contribution in [0.3, 0.4) is 0 Å². The van der Waals surface area contributed by atoms with E-state index < -0.39 is 12.1 Å². The molecular formula is C23H26N2O5. The molecule has 7 heteroatoms. The van der Waals surface area contributed by atoms with Crippen LogP contribution in [0.15, 0.2) is 53.1 Å². The minimum Gasteiger partial charge on any atom is -0.381 e. The zero-order valence-corrected chi connectivity index (χ0v) is 16.8. The summed E-state index contributed by atoms with van der Waals surface area (Å²) in [6.45, 7) is 2.14. The Labute approximate surface area is 175 Å². The Hall–Kier alpha value is -2.74. The summed E-state index contributed by atoms with van der Waals surface area (Å²) in [6.07, 6.45) is 1.39. The monoisotopic (exact) mass is 410 g/mol. The van der Waals surface area contributed by atoms with Crippen molar-refractivity contribution in [2.24, 2.45) is 5.92 Å². The van der Waals surface area contributed by atoms with Gasteiger partial charge in [-0.15, -0.1) is 0 Å². The van der Waals surface area contributed by atoms with Gasteiger partial charge in [0.2, 0.25) is 0 Å². The Morgan fingerprint density at radius 1 is 1.20 bits per heavy atom. The molecule has 2 atom stereocenters. The highest BCUT2D eigenvalue weighted by Gasteiger charge is 2.19. The van der Waals surface area contributed by atoms with Crippen molar-refractivity contribution >= 4 is 16.7 Å². The maximum absolute atomic E-state index is 12.2. The fraction of sp³-hybridized carbons (Fsp3) is 0.391. The van der Waals surface area contributed by atoms with Crippen LogP contribution in [-0.4, -0.2) is 35.6 Å². The summed E-state index contributed by atoms with van der Waals surface area (Å²) in [5.41, 5.74) is 1.18. The van der Waals surface area contributed by atoms with Gasteiger partial charge in [0, 0.05) is 19.3 Å². The molecule has 0 saturated carbocycles. The van der Waals surface area contributed by atoms with Gasteiger partial charge in [-0.1, -0.05) is 41.6 Å². The highest BCUT2D eigenvalue weighted by atomic mass is 16.5. The Bertz CT molecular complexity index is 980. The fourth-order valence-corrected chi connectivity index (χ4v) is 3.59. The molecule has 0 aliphatic carbocycles. The molecule has 2 aromatic carbocycles. The molecule has 0 bridgehead atoms. The summed E-state index contributed by atoms with van der Waals surface area (Å²) in [6, 6.07) is 15.9. The lowest BCUT2D eigenvalue weighted by Gasteiger charge is -2.13. The van der Waals surface area contributed by atoms with E-state index in [2.05, 4.69) is 34.7 Å². The highest BCUT2D eigenvalue weighted by Crippen LogP contribution is 2.19. The summed E-state index contributed by atoms with van der Waals surface area (Å²) in [5, 5.41) is 18.7. The normalized spacial score (nSPS) is 17.3. The van der Waals surface area contributed by atoms with Crippen molar-refractivity contribution in [3.8, 4) is 0 Å². The number of aliphatic hydroxyl groups is 1. The molecule has 1 fully saturated rings. The van der Waals surface area contributed by atoms with Gasteiger partial charge >= 0.3 is 0 Å². The number of ether oxygens (including phenoxy) is 2. The van der Waals surface area contributed by atoms with Crippen molar-refractivity contribution in [1.82, 2.24) is 10.5 Å². The number of amides is 1. The van der Waals surface area contributed by atoms with Crippen LogP contribution < -0.4 is 5.32 Å². The largest absolute Gasteiger partial charge is 0.381 e. The Morgan fingerprint density at radius 2 is 2.07 bits per heavy atom. The van der Waals surface area contributed by atoms with Crippen LogP contribution in [-0.2, 0) is 22.7 Å². The fourth-order valence-electron chi connectivity index (χ4n) is 3.59. The van der Waals surface area contributed by atoms with Crippen LogP contribution in [0.1, 0.15) is 41.1 Å². The third kappa shape index (κ3) is 5.44. The van der Waals surface area contributed by atoms with Gasteiger partial charge in [-0.25, -0.2) is 0 Å². The molecule has 2 unspecified atom stereocenters. The first-order valence-electron chi connectivity index (χ1n) is 10.2. The van der Waals surface area contributed by atoms with Gasteiger partial charge in [0.05, 0.1) is 6.61 Å². The molecule has 2 heterocycles. The molecule has 3 aromatic rings. The highest BCUT2D eigenvalue weighted by molar-refractivity contribution is 5.92. The molecule has 1 aliphatic rings. The third-order valence-electron chi connectivity index (χ3n) is 5.29.